The topological polar surface area (TPSA) is 62.4 Å². The van der Waals surface area contributed by atoms with E-state index in [0.29, 0.717) is 12.0 Å². The number of nitrogens with one attached hydrogen (secondary N) is 2. The molecule has 1 aliphatic rings. The van der Waals surface area contributed by atoms with Crippen LogP contribution in [0.3, 0.4) is 0 Å². The van der Waals surface area contributed by atoms with Crippen LogP contribution in [0.1, 0.15) is 58.8 Å². The SMILES string of the molecule is CC(C)CN=C(NN)NC1CCCCCCC1. The molecule has 0 aromatic carbocycles. The minimum absolute atomic E-state index is 0.539. The second-order valence-electron chi connectivity index (χ2n) is 5.41. The molecule has 4 heteroatoms. The molecule has 0 radical (unpaired) electrons. The largest absolute Gasteiger partial charge is 0.353 e. The van der Waals surface area contributed by atoms with Gasteiger partial charge in [-0.05, 0) is 18.8 Å². The van der Waals surface area contributed by atoms with E-state index in [1.807, 2.05) is 0 Å². The summed E-state index contributed by atoms with van der Waals surface area (Å²) in [5.41, 5.74) is 2.68. The van der Waals surface area contributed by atoms with Gasteiger partial charge in [0, 0.05) is 12.6 Å². The highest BCUT2D eigenvalue weighted by Gasteiger charge is 2.12. The zero-order chi connectivity index (χ0) is 12.5. The van der Waals surface area contributed by atoms with Crippen molar-refractivity contribution in [2.45, 2.75) is 64.8 Å². The van der Waals surface area contributed by atoms with Gasteiger partial charge < -0.3 is 5.32 Å². The molecule has 1 fully saturated rings. The smallest absolute Gasteiger partial charge is 0.205 e. The molecule has 0 aliphatic heterocycles. The fraction of sp³-hybridized carbons (Fsp3) is 0.923. The molecule has 0 unspecified atom stereocenters. The van der Waals surface area contributed by atoms with E-state index in [1.165, 1.54) is 44.9 Å². The van der Waals surface area contributed by atoms with Crippen molar-refractivity contribution in [3.05, 3.63) is 0 Å². The zero-order valence-corrected chi connectivity index (χ0v) is 11.3. The average Bonchev–Trinajstić information content (AvgIpc) is 2.26. The molecular weight excluding hydrogens is 212 g/mol. The van der Waals surface area contributed by atoms with Gasteiger partial charge in [-0.3, -0.25) is 10.4 Å². The summed E-state index contributed by atoms with van der Waals surface area (Å²) >= 11 is 0. The number of nitrogens with two attached hydrogens (primary N) is 1. The van der Waals surface area contributed by atoms with E-state index >= 15 is 0 Å². The van der Waals surface area contributed by atoms with Gasteiger partial charge in [0.25, 0.3) is 0 Å². The molecular formula is C13H28N4. The first-order valence-corrected chi connectivity index (χ1v) is 7.00. The molecule has 0 aromatic heterocycles. The number of hydrogen-bond acceptors (Lipinski definition) is 2. The van der Waals surface area contributed by atoms with Gasteiger partial charge in [0.1, 0.15) is 0 Å². The Hall–Kier alpha value is -0.770. The van der Waals surface area contributed by atoms with Crippen LogP contribution in [0.5, 0.6) is 0 Å². The van der Waals surface area contributed by atoms with Crippen LogP contribution in [0.4, 0.5) is 0 Å². The van der Waals surface area contributed by atoms with Gasteiger partial charge in [-0.1, -0.05) is 46.0 Å². The molecule has 0 bridgehead atoms. The molecule has 0 amide bonds. The van der Waals surface area contributed by atoms with Crippen LogP contribution in [0.2, 0.25) is 0 Å². The van der Waals surface area contributed by atoms with Gasteiger partial charge in [0.2, 0.25) is 5.96 Å². The van der Waals surface area contributed by atoms with E-state index < -0.39 is 0 Å². The summed E-state index contributed by atoms with van der Waals surface area (Å²) < 4.78 is 0. The maximum absolute atomic E-state index is 5.50. The second kappa shape index (κ2) is 8.34. The third-order valence-electron chi connectivity index (χ3n) is 3.20. The Balaban J connectivity index is 2.39. The summed E-state index contributed by atoms with van der Waals surface area (Å²) in [4.78, 5) is 4.46. The van der Waals surface area contributed by atoms with Gasteiger partial charge in [0.05, 0.1) is 0 Å². The number of rotatable bonds is 3. The Kier molecular flexibility index (Phi) is 7.01. The minimum atomic E-state index is 0.539. The summed E-state index contributed by atoms with van der Waals surface area (Å²) in [6.07, 6.45) is 9.25. The van der Waals surface area contributed by atoms with Crippen LogP contribution < -0.4 is 16.6 Å². The molecule has 0 saturated heterocycles. The van der Waals surface area contributed by atoms with Crippen LogP contribution in [0.25, 0.3) is 0 Å². The first-order chi connectivity index (χ1) is 8.22. The van der Waals surface area contributed by atoms with E-state index in [9.17, 15) is 0 Å². The number of aliphatic imine (C=N–C) groups is 1. The summed E-state index contributed by atoms with van der Waals surface area (Å²) in [5, 5.41) is 3.44. The van der Waals surface area contributed by atoms with E-state index in [0.717, 1.165) is 12.5 Å². The van der Waals surface area contributed by atoms with Gasteiger partial charge in [-0.15, -0.1) is 0 Å². The van der Waals surface area contributed by atoms with Crippen molar-refractivity contribution in [3.63, 3.8) is 0 Å². The quantitative estimate of drug-likeness (QED) is 0.307. The first-order valence-electron chi connectivity index (χ1n) is 7.00. The highest BCUT2D eigenvalue weighted by atomic mass is 15.3. The molecule has 17 heavy (non-hydrogen) atoms. The molecule has 1 rings (SSSR count). The number of guanidine groups is 1. The zero-order valence-electron chi connectivity index (χ0n) is 11.3. The standard InChI is InChI=1S/C13H28N4/c1-11(2)10-15-13(17-14)16-12-8-6-4-3-5-7-9-12/h11-12H,3-10,14H2,1-2H3,(H2,15,16,17). The maximum Gasteiger partial charge on any atom is 0.205 e. The lowest BCUT2D eigenvalue weighted by atomic mass is 9.97. The van der Waals surface area contributed by atoms with Gasteiger partial charge in [0.15, 0.2) is 0 Å². The highest BCUT2D eigenvalue weighted by Crippen LogP contribution is 2.16. The van der Waals surface area contributed by atoms with Gasteiger partial charge in [-0.2, -0.15) is 0 Å². The lowest BCUT2D eigenvalue weighted by molar-refractivity contribution is 0.425. The second-order valence-corrected chi connectivity index (χ2v) is 5.41. The molecule has 0 atom stereocenters. The lowest BCUT2D eigenvalue weighted by Crippen LogP contribution is -2.46. The third kappa shape index (κ3) is 6.51. The van der Waals surface area contributed by atoms with Crippen molar-refractivity contribution < 1.29 is 0 Å². The predicted molar refractivity (Wildman–Crippen MR) is 73.7 cm³/mol. The van der Waals surface area contributed by atoms with Crippen LogP contribution in [0, 0.1) is 5.92 Å². The Morgan fingerprint density at radius 3 is 2.29 bits per heavy atom. The molecule has 4 N–H and O–H groups in total. The highest BCUT2D eigenvalue weighted by molar-refractivity contribution is 5.79. The molecule has 100 valence electrons. The van der Waals surface area contributed by atoms with Crippen molar-refractivity contribution in [3.8, 4) is 0 Å². The maximum atomic E-state index is 5.50. The van der Waals surface area contributed by atoms with Crippen LogP contribution in [0.15, 0.2) is 4.99 Å². The molecule has 1 aliphatic carbocycles. The fourth-order valence-electron chi connectivity index (χ4n) is 2.20. The Morgan fingerprint density at radius 1 is 1.18 bits per heavy atom. The summed E-state index contributed by atoms with van der Waals surface area (Å²) in [5.74, 6) is 6.82. The molecule has 1 saturated carbocycles. The average molecular weight is 240 g/mol. The van der Waals surface area contributed by atoms with Crippen LogP contribution >= 0.6 is 0 Å². The first kappa shape index (κ1) is 14.3. The van der Waals surface area contributed by atoms with Gasteiger partial charge >= 0.3 is 0 Å². The van der Waals surface area contributed by atoms with Crippen molar-refractivity contribution in [1.82, 2.24) is 10.7 Å². The van der Waals surface area contributed by atoms with E-state index in [2.05, 4.69) is 29.6 Å². The molecule has 0 heterocycles. The molecule has 0 spiro atoms. The normalized spacial score (nSPS) is 19.9. The Morgan fingerprint density at radius 2 is 1.76 bits per heavy atom. The summed E-state index contributed by atoms with van der Waals surface area (Å²) in [6.45, 7) is 5.14. The van der Waals surface area contributed by atoms with Crippen molar-refractivity contribution in [2.24, 2.45) is 16.8 Å². The third-order valence-corrected chi connectivity index (χ3v) is 3.20. The van der Waals surface area contributed by atoms with E-state index in [-0.39, 0.29) is 0 Å². The monoisotopic (exact) mass is 240 g/mol. The Labute approximate surface area is 105 Å². The number of hydrazine groups is 1. The van der Waals surface area contributed by atoms with Gasteiger partial charge in [-0.25, -0.2) is 5.84 Å². The number of hydrogen-bond donors (Lipinski definition) is 3. The predicted octanol–water partition coefficient (Wildman–Crippen LogP) is 2.16. The minimum Gasteiger partial charge on any atom is -0.353 e. The molecule has 4 nitrogen and oxygen atoms in total. The van der Waals surface area contributed by atoms with Crippen LogP contribution in [-0.2, 0) is 0 Å². The lowest BCUT2D eigenvalue weighted by Gasteiger charge is -2.22. The Bertz CT molecular complexity index is 217. The van der Waals surface area contributed by atoms with Crippen molar-refractivity contribution in [1.29, 1.82) is 0 Å². The van der Waals surface area contributed by atoms with Crippen molar-refractivity contribution >= 4 is 5.96 Å². The fourth-order valence-corrected chi connectivity index (χ4v) is 2.20. The molecule has 0 aromatic rings. The summed E-state index contributed by atoms with van der Waals surface area (Å²) in [7, 11) is 0. The van der Waals surface area contributed by atoms with E-state index in [4.69, 9.17) is 5.84 Å². The van der Waals surface area contributed by atoms with Crippen LogP contribution in [-0.4, -0.2) is 18.5 Å². The number of nitrogens with zero attached hydrogens (tertiary/aromatic N) is 1. The summed E-state index contributed by atoms with van der Waals surface area (Å²) in [6, 6.07) is 0.539. The van der Waals surface area contributed by atoms with Crippen molar-refractivity contribution in [2.75, 3.05) is 6.54 Å². The van der Waals surface area contributed by atoms with E-state index in [1.54, 1.807) is 0 Å².